The van der Waals surface area contributed by atoms with Crippen LogP contribution in [0.1, 0.15) is 17.7 Å². The summed E-state index contributed by atoms with van der Waals surface area (Å²) in [6, 6.07) is 5.67. The van der Waals surface area contributed by atoms with Crippen molar-refractivity contribution < 1.29 is 41.8 Å². The van der Waals surface area contributed by atoms with Crippen molar-refractivity contribution in [3.05, 3.63) is 58.6 Å². The number of carbonyl (C=O) groups excluding carboxylic acids is 3. The third-order valence-corrected chi connectivity index (χ3v) is 10.8. The Kier molecular flexibility index (Phi) is 7.83. The highest BCUT2D eigenvalue weighted by molar-refractivity contribution is 7.74. The number of ether oxygens (including phenoxy) is 1. The molecule has 4 rings (SSSR count). The number of nitrogens with one attached hydrogen (secondary N) is 2. The molecule has 0 aliphatic carbocycles. The molecule has 0 saturated carbocycles. The number of amides is 3. The Labute approximate surface area is 219 Å². The summed E-state index contributed by atoms with van der Waals surface area (Å²) >= 11 is 5.64. The monoisotopic (exact) mass is 577 g/mol. The van der Waals surface area contributed by atoms with Gasteiger partial charge in [0.1, 0.15) is 23.9 Å². The number of halogens is 5. The number of pyridine rings is 1. The Morgan fingerprint density at radius 3 is 2.66 bits per heavy atom. The van der Waals surface area contributed by atoms with E-state index in [1.54, 1.807) is 0 Å². The lowest BCUT2D eigenvalue weighted by Crippen LogP contribution is -2.50. The molecule has 1 aromatic carbocycles. The summed E-state index contributed by atoms with van der Waals surface area (Å²) in [4.78, 5) is 43.0. The Bertz CT molecular complexity index is 1250. The maximum Gasteiger partial charge on any atom is 0.417 e. The Balaban J connectivity index is 1.43. The number of benzene rings is 1. The van der Waals surface area contributed by atoms with E-state index in [1.807, 2.05) is 0 Å². The standard InChI is InChI=1S/C23H22ClF4N4O5P/c24-17-4-3-16(9-18(17)25)37-12-19(34)31-38-8-5-22(13-38,21(36)32(38)6-7-33)20(35)30-11-15-2-1-14(10-29-15)23(26,27)28/h1-4,9-10,33H,5-8,11-13H2,(H-,30,31,34,35)/p+1. The number of β-amino-alcohol motifs (C(OH)–C–C–N with tert-alkyl or cyclic N) is 1. The van der Waals surface area contributed by atoms with Gasteiger partial charge in [-0.25, -0.2) is 9.48 Å². The summed E-state index contributed by atoms with van der Waals surface area (Å²) in [6.07, 6.45) is -3.38. The number of aromatic nitrogens is 1. The molecule has 2 aliphatic rings. The average Bonchev–Trinajstić information content (AvgIpc) is 3.36. The van der Waals surface area contributed by atoms with Gasteiger partial charge in [0.05, 0.1) is 36.0 Å². The van der Waals surface area contributed by atoms with Crippen LogP contribution in [0.15, 0.2) is 36.5 Å². The first kappa shape index (κ1) is 28.0. The van der Waals surface area contributed by atoms with Crippen LogP contribution in [-0.4, -0.2) is 64.6 Å². The summed E-state index contributed by atoms with van der Waals surface area (Å²) in [7, 11) is -2.72. The maximum atomic E-state index is 13.6. The summed E-state index contributed by atoms with van der Waals surface area (Å²) < 4.78 is 58.6. The second-order valence-corrected chi connectivity index (χ2v) is 12.6. The molecule has 2 bridgehead atoms. The molecule has 0 radical (unpaired) electrons. The molecule has 38 heavy (non-hydrogen) atoms. The molecule has 2 atom stereocenters. The largest absolute Gasteiger partial charge is 0.484 e. The van der Waals surface area contributed by atoms with Gasteiger partial charge in [-0.05, 0) is 24.3 Å². The normalized spacial score (nSPS) is 22.5. The van der Waals surface area contributed by atoms with E-state index in [1.165, 1.54) is 16.8 Å². The lowest BCUT2D eigenvalue weighted by atomic mass is 9.85. The Morgan fingerprint density at radius 2 is 2.03 bits per heavy atom. The van der Waals surface area contributed by atoms with E-state index in [0.717, 1.165) is 18.2 Å². The zero-order chi connectivity index (χ0) is 27.7. The van der Waals surface area contributed by atoms with Crippen LogP contribution in [-0.2, 0) is 27.1 Å². The first-order chi connectivity index (χ1) is 17.9. The first-order valence-corrected chi connectivity index (χ1v) is 13.9. The number of hydrogen-bond acceptors (Lipinski definition) is 6. The van der Waals surface area contributed by atoms with E-state index in [9.17, 15) is 37.1 Å². The first-order valence-electron chi connectivity index (χ1n) is 11.4. The lowest BCUT2D eigenvalue weighted by molar-refractivity contribution is -0.145. The van der Waals surface area contributed by atoms with Gasteiger partial charge in [0.15, 0.2) is 12.0 Å². The average molecular weight is 578 g/mol. The molecule has 3 heterocycles. The fourth-order valence-electron chi connectivity index (χ4n) is 4.62. The lowest BCUT2D eigenvalue weighted by Gasteiger charge is -2.31. The SMILES string of the molecule is O=C(COc1ccc(Cl)c(F)c1)N[P+]12CCC(C(=O)NCc3ccc(C(F)(F)F)cn3)(C1)C(=O)N2CCO. The number of fused-ring (bicyclic) bond motifs is 2. The molecule has 0 spiro atoms. The highest BCUT2D eigenvalue weighted by Gasteiger charge is 2.75. The molecule has 15 heteroatoms. The van der Waals surface area contributed by atoms with Gasteiger partial charge in [-0.2, -0.15) is 17.8 Å². The van der Waals surface area contributed by atoms with Crippen molar-refractivity contribution in [3.63, 3.8) is 0 Å². The van der Waals surface area contributed by atoms with Crippen LogP contribution in [0, 0.1) is 11.2 Å². The topological polar surface area (TPSA) is 121 Å². The van der Waals surface area contributed by atoms with E-state index < -0.39 is 61.5 Å². The van der Waals surface area contributed by atoms with Crippen LogP contribution in [0.25, 0.3) is 0 Å². The molecule has 1 aromatic heterocycles. The van der Waals surface area contributed by atoms with Gasteiger partial charge in [0.25, 0.3) is 11.8 Å². The zero-order valence-electron chi connectivity index (χ0n) is 19.7. The van der Waals surface area contributed by atoms with Crippen LogP contribution in [0.2, 0.25) is 5.02 Å². The number of carbonyl (C=O) groups is 3. The molecular weight excluding hydrogens is 555 g/mol. The molecule has 2 unspecified atom stereocenters. The van der Waals surface area contributed by atoms with E-state index in [0.29, 0.717) is 12.4 Å². The van der Waals surface area contributed by atoms with Crippen molar-refractivity contribution in [1.82, 2.24) is 20.1 Å². The van der Waals surface area contributed by atoms with Crippen molar-refractivity contribution >= 4 is 36.9 Å². The number of aliphatic hydroxyl groups is 1. The molecule has 2 fully saturated rings. The zero-order valence-corrected chi connectivity index (χ0v) is 21.4. The molecule has 2 aliphatic heterocycles. The molecule has 204 valence electrons. The quantitative estimate of drug-likeness (QED) is 0.239. The van der Waals surface area contributed by atoms with Gasteiger partial charge in [0.2, 0.25) is 13.5 Å². The number of hydrogen-bond donors (Lipinski definition) is 3. The van der Waals surface area contributed by atoms with Crippen LogP contribution in [0.5, 0.6) is 5.75 Å². The number of alkyl halides is 3. The minimum Gasteiger partial charge on any atom is -0.484 e. The molecular formula is C23H23ClF4N4O5P+. The summed E-state index contributed by atoms with van der Waals surface area (Å²) in [5.74, 6) is -2.40. The van der Waals surface area contributed by atoms with Gasteiger partial charge < -0.3 is 15.2 Å². The molecule has 3 N–H and O–H groups in total. The Hall–Kier alpha value is -3.02. The fraction of sp³-hybridized carbons (Fsp3) is 0.391. The van der Waals surface area contributed by atoms with Gasteiger partial charge in [-0.3, -0.25) is 19.4 Å². The van der Waals surface area contributed by atoms with Crippen molar-refractivity contribution in [2.75, 3.05) is 32.1 Å². The smallest absolute Gasteiger partial charge is 0.417 e. The van der Waals surface area contributed by atoms with E-state index in [4.69, 9.17) is 16.3 Å². The predicted octanol–water partition coefficient (Wildman–Crippen LogP) is 2.78. The summed E-state index contributed by atoms with van der Waals surface area (Å²) in [5, 5.41) is 14.8. The van der Waals surface area contributed by atoms with Crippen molar-refractivity contribution in [2.45, 2.75) is 19.1 Å². The number of nitrogens with zero attached hydrogens (tertiary/aromatic N) is 2. The van der Waals surface area contributed by atoms with E-state index >= 15 is 0 Å². The summed E-state index contributed by atoms with van der Waals surface area (Å²) in [5.41, 5.74) is -2.24. The van der Waals surface area contributed by atoms with Crippen molar-refractivity contribution in [3.8, 4) is 5.75 Å². The molecule has 9 nitrogen and oxygen atoms in total. The highest BCUT2D eigenvalue weighted by atomic mass is 35.5. The molecule has 2 saturated heterocycles. The second-order valence-electron chi connectivity index (χ2n) is 8.91. The van der Waals surface area contributed by atoms with Crippen LogP contribution in [0.3, 0.4) is 0 Å². The van der Waals surface area contributed by atoms with Crippen molar-refractivity contribution in [1.29, 1.82) is 0 Å². The van der Waals surface area contributed by atoms with Gasteiger partial charge in [0, 0.05) is 18.7 Å². The van der Waals surface area contributed by atoms with Gasteiger partial charge >= 0.3 is 6.18 Å². The fourth-order valence-corrected chi connectivity index (χ4v) is 9.25. The van der Waals surface area contributed by atoms with E-state index in [2.05, 4.69) is 15.4 Å². The van der Waals surface area contributed by atoms with Gasteiger partial charge in [-0.1, -0.05) is 11.6 Å². The maximum absolute atomic E-state index is 13.6. The Morgan fingerprint density at radius 1 is 1.26 bits per heavy atom. The van der Waals surface area contributed by atoms with Crippen LogP contribution >= 0.6 is 19.2 Å². The third kappa shape index (κ3) is 5.41. The highest BCUT2D eigenvalue weighted by Crippen LogP contribution is 2.74. The van der Waals surface area contributed by atoms with Crippen LogP contribution < -0.4 is 15.1 Å². The minimum absolute atomic E-state index is 0.0341. The number of rotatable bonds is 9. The summed E-state index contributed by atoms with van der Waals surface area (Å²) in [6.45, 7) is -1.17. The van der Waals surface area contributed by atoms with Crippen molar-refractivity contribution in [2.24, 2.45) is 5.41 Å². The molecule has 3 amide bonds. The van der Waals surface area contributed by atoms with E-state index in [-0.39, 0.29) is 42.1 Å². The second kappa shape index (κ2) is 10.6. The minimum atomic E-state index is -4.54. The third-order valence-electron chi connectivity index (χ3n) is 6.47. The van der Waals surface area contributed by atoms with Gasteiger partial charge in [-0.15, -0.1) is 0 Å². The van der Waals surface area contributed by atoms with Crippen LogP contribution in [0.4, 0.5) is 17.6 Å². The molecule has 2 aromatic rings. The number of aliphatic hydroxyl groups excluding tert-OH is 1. The predicted molar refractivity (Wildman–Crippen MR) is 129 cm³/mol.